The Morgan fingerprint density at radius 2 is 1.88 bits per heavy atom. The van der Waals surface area contributed by atoms with Crippen molar-refractivity contribution in [1.29, 1.82) is 0 Å². The summed E-state index contributed by atoms with van der Waals surface area (Å²) >= 11 is 0. The molecule has 1 aromatic heterocycles. The van der Waals surface area contributed by atoms with Gasteiger partial charge in [-0.25, -0.2) is 4.98 Å². The number of aromatic nitrogens is 2. The average Bonchev–Trinajstić information content (AvgIpc) is 2.67. The molecule has 0 spiro atoms. The predicted octanol–water partition coefficient (Wildman–Crippen LogP) is 3.52. The molecular weight excluding hydrogens is 314 g/mol. The zero-order valence-electron chi connectivity index (χ0n) is 14.5. The standard InChI is InChI=1S/C20H21N3O2/c1-14-20(22-8-7-21-14)23-9-10-25-19(13-23)17-4-3-16-12-18(24-2)6-5-15(16)11-17/h3-8,11-12,19H,9-10,13H2,1-2H3. The summed E-state index contributed by atoms with van der Waals surface area (Å²) in [6, 6.07) is 12.6. The maximum atomic E-state index is 6.03. The molecular formula is C20H21N3O2. The van der Waals surface area contributed by atoms with Crippen molar-refractivity contribution in [3.8, 4) is 5.75 Å². The number of aryl methyl sites for hydroxylation is 1. The molecule has 3 aromatic rings. The minimum Gasteiger partial charge on any atom is -0.497 e. The highest BCUT2D eigenvalue weighted by Gasteiger charge is 2.24. The van der Waals surface area contributed by atoms with E-state index in [-0.39, 0.29) is 6.10 Å². The third-order valence-corrected chi connectivity index (χ3v) is 4.66. The minimum atomic E-state index is 0.0293. The fourth-order valence-electron chi connectivity index (χ4n) is 3.32. The summed E-state index contributed by atoms with van der Waals surface area (Å²) in [5.41, 5.74) is 2.14. The molecule has 1 saturated heterocycles. The highest BCUT2D eigenvalue weighted by molar-refractivity contribution is 5.84. The number of anilines is 1. The lowest BCUT2D eigenvalue weighted by Gasteiger charge is -2.34. The van der Waals surface area contributed by atoms with Gasteiger partial charge in [0.15, 0.2) is 0 Å². The maximum Gasteiger partial charge on any atom is 0.150 e. The quantitative estimate of drug-likeness (QED) is 0.733. The number of fused-ring (bicyclic) bond motifs is 1. The van der Waals surface area contributed by atoms with Crippen molar-refractivity contribution in [3.63, 3.8) is 0 Å². The van der Waals surface area contributed by atoms with E-state index in [1.54, 1.807) is 19.5 Å². The van der Waals surface area contributed by atoms with Gasteiger partial charge in [0.25, 0.3) is 0 Å². The normalized spacial score (nSPS) is 17.7. The van der Waals surface area contributed by atoms with Crippen LogP contribution in [0.1, 0.15) is 17.4 Å². The molecule has 25 heavy (non-hydrogen) atoms. The molecule has 0 saturated carbocycles. The van der Waals surface area contributed by atoms with E-state index in [1.807, 2.05) is 13.0 Å². The predicted molar refractivity (Wildman–Crippen MR) is 98.2 cm³/mol. The number of hydrogen-bond acceptors (Lipinski definition) is 5. The van der Waals surface area contributed by atoms with Gasteiger partial charge < -0.3 is 14.4 Å². The van der Waals surface area contributed by atoms with Crippen LogP contribution in [0.3, 0.4) is 0 Å². The van der Waals surface area contributed by atoms with Crippen LogP contribution in [0.25, 0.3) is 10.8 Å². The van der Waals surface area contributed by atoms with Gasteiger partial charge in [-0.2, -0.15) is 0 Å². The van der Waals surface area contributed by atoms with Crippen LogP contribution in [-0.4, -0.2) is 36.8 Å². The van der Waals surface area contributed by atoms with E-state index in [2.05, 4.69) is 45.2 Å². The van der Waals surface area contributed by atoms with Crippen molar-refractivity contribution in [2.45, 2.75) is 13.0 Å². The molecule has 1 aliphatic rings. The van der Waals surface area contributed by atoms with E-state index in [1.165, 1.54) is 16.3 Å². The lowest BCUT2D eigenvalue weighted by Crippen LogP contribution is -2.39. The van der Waals surface area contributed by atoms with Crippen molar-refractivity contribution < 1.29 is 9.47 Å². The Kier molecular flexibility index (Phi) is 4.24. The number of nitrogens with zero attached hydrogens (tertiary/aromatic N) is 3. The Balaban J connectivity index is 1.61. The summed E-state index contributed by atoms with van der Waals surface area (Å²) in [4.78, 5) is 11.1. The minimum absolute atomic E-state index is 0.0293. The summed E-state index contributed by atoms with van der Waals surface area (Å²) < 4.78 is 11.3. The first-order valence-corrected chi connectivity index (χ1v) is 8.46. The summed E-state index contributed by atoms with van der Waals surface area (Å²) in [6.45, 7) is 4.29. The molecule has 1 aliphatic heterocycles. The summed E-state index contributed by atoms with van der Waals surface area (Å²) in [5.74, 6) is 1.82. The molecule has 2 aromatic carbocycles. The van der Waals surface area contributed by atoms with Gasteiger partial charge in [-0.3, -0.25) is 4.98 Å². The molecule has 0 aliphatic carbocycles. The van der Waals surface area contributed by atoms with Crippen LogP contribution in [0.2, 0.25) is 0 Å². The van der Waals surface area contributed by atoms with Crippen LogP contribution < -0.4 is 9.64 Å². The Morgan fingerprint density at radius 3 is 2.72 bits per heavy atom. The van der Waals surface area contributed by atoms with Crippen molar-refractivity contribution in [2.75, 3.05) is 31.7 Å². The Hall–Kier alpha value is -2.66. The molecule has 5 nitrogen and oxygen atoms in total. The Bertz CT molecular complexity index is 897. The zero-order valence-corrected chi connectivity index (χ0v) is 14.5. The monoisotopic (exact) mass is 335 g/mol. The van der Waals surface area contributed by atoms with Crippen LogP contribution in [0.4, 0.5) is 5.82 Å². The molecule has 5 heteroatoms. The van der Waals surface area contributed by atoms with E-state index in [0.717, 1.165) is 30.4 Å². The van der Waals surface area contributed by atoms with Gasteiger partial charge in [0.1, 0.15) is 17.7 Å². The molecule has 4 rings (SSSR count). The topological polar surface area (TPSA) is 47.5 Å². The van der Waals surface area contributed by atoms with Gasteiger partial charge in [-0.1, -0.05) is 18.2 Å². The SMILES string of the molecule is COc1ccc2cc(C3CN(c4nccnc4C)CCO3)ccc2c1. The third kappa shape index (κ3) is 3.15. The van der Waals surface area contributed by atoms with Crippen molar-refractivity contribution >= 4 is 16.6 Å². The fourth-order valence-corrected chi connectivity index (χ4v) is 3.32. The fraction of sp³-hybridized carbons (Fsp3) is 0.300. The van der Waals surface area contributed by atoms with Crippen LogP contribution in [-0.2, 0) is 4.74 Å². The lowest BCUT2D eigenvalue weighted by atomic mass is 10.0. The van der Waals surface area contributed by atoms with Crippen LogP contribution in [0.5, 0.6) is 5.75 Å². The molecule has 128 valence electrons. The summed E-state index contributed by atoms with van der Waals surface area (Å²) in [5, 5.41) is 2.36. The van der Waals surface area contributed by atoms with E-state index < -0.39 is 0 Å². The van der Waals surface area contributed by atoms with E-state index in [4.69, 9.17) is 9.47 Å². The number of ether oxygens (including phenoxy) is 2. The van der Waals surface area contributed by atoms with E-state index in [9.17, 15) is 0 Å². The molecule has 1 unspecified atom stereocenters. The average molecular weight is 335 g/mol. The first-order chi connectivity index (χ1) is 12.2. The second kappa shape index (κ2) is 6.69. The number of morpholine rings is 1. The van der Waals surface area contributed by atoms with Crippen molar-refractivity contribution in [2.24, 2.45) is 0 Å². The highest BCUT2D eigenvalue weighted by atomic mass is 16.5. The van der Waals surface area contributed by atoms with Gasteiger partial charge in [-0.05, 0) is 41.5 Å². The second-order valence-electron chi connectivity index (χ2n) is 6.24. The lowest BCUT2D eigenvalue weighted by molar-refractivity contribution is 0.0395. The van der Waals surface area contributed by atoms with Crippen LogP contribution in [0, 0.1) is 6.92 Å². The highest BCUT2D eigenvalue weighted by Crippen LogP contribution is 2.29. The number of benzene rings is 2. The number of methoxy groups -OCH3 is 1. The first kappa shape index (κ1) is 15.8. The van der Waals surface area contributed by atoms with Crippen molar-refractivity contribution in [1.82, 2.24) is 9.97 Å². The van der Waals surface area contributed by atoms with E-state index >= 15 is 0 Å². The summed E-state index contributed by atoms with van der Waals surface area (Å²) in [6.07, 6.45) is 3.51. The molecule has 1 fully saturated rings. The number of hydrogen-bond donors (Lipinski definition) is 0. The Labute approximate surface area is 147 Å². The van der Waals surface area contributed by atoms with Gasteiger partial charge >= 0.3 is 0 Å². The van der Waals surface area contributed by atoms with Gasteiger partial charge in [-0.15, -0.1) is 0 Å². The molecule has 0 bridgehead atoms. The molecule has 0 radical (unpaired) electrons. The molecule has 1 atom stereocenters. The Morgan fingerprint density at radius 1 is 1.08 bits per heavy atom. The van der Waals surface area contributed by atoms with Crippen LogP contribution >= 0.6 is 0 Å². The van der Waals surface area contributed by atoms with Gasteiger partial charge in [0.05, 0.1) is 19.4 Å². The first-order valence-electron chi connectivity index (χ1n) is 8.46. The molecule has 2 heterocycles. The second-order valence-corrected chi connectivity index (χ2v) is 6.24. The van der Waals surface area contributed by atoms with Crippen LogP contribution in [0.15, 0.2) is 48.8 Å². The largest absolute Gasteiger partial charge is 0.497 e. The third-order valence-electron chi connectivity index (χ3n) is 4.66. The van der Waals surface area contributed by atoms with E-state index in [0.29, 0.717) is 6.61 Å². The molecule has 0 amide bonds. The van der Waals surface area contributed by atoms with Gasteiger partial charge in [0.2, 0.25) is 0 Å². The van der Waals surface area contributed by atoms with Crippen molar-refractivity contribution in [3.05, 3.63) is 60.0 Å². The smallest absolute Gasteiger partial charge is 0.150 e. The van der Waals surface area contributed by atoms with Gasteiger partial charge in [0, 0.05) is 25.5 Å². The zero-order chi connectivity index (χ0) is 17.2. The molecule has 0 N–H and O–H groups in total. The maximum absolute atomic E-state index is 6.03. The number of rotatable bonds is 3. The summed E-state index contributed by atoms with van der Waals surface area (Å²) in [7, 11) is 1.69.